The summed E-state index contributed by atoms with van der Waals surface area (Å²) in [5, 5.41) is 12.2. The highest BCUT2D eigenvalue weighted by molar-refractivity contribution is 5.87. The van der Waals surface area contributed by atoms with Crippen molar-refractivity contribution in [2.75, 3.05) is 13.6 Å². The van der Waals surface area contributed by atoms with Crippen molar-refractivity contribution >= 4 is 11.9 Å². The van der Waals surface area contributed by atoms with Gasteiger partial charge in [0.1, 0.15) is 5.82 Å². The summed E-state index contributed by atoms with van der Waals surface area (Å²) in [6, 6.07) is 2.63. The van der Waals surface area contributed by atoms with Crippen molar-refractivity contribution < 1.29 is 14.7 Å². The second-order valence-electron chi connectivity index (χ2n) is 6.50. The van der Waals surface area contributed by atoms with E-state index in [4.69, 9.17) is 5.11 Å². The number of imidazole rings is 1. The van der Waals surface area contributed by atoms with Gasteiger partial charge in [-0.25, -0.2) is 9.78 Å². The molecule has 0 aromatic carbocycles. The first-order chi connectivity index (χ1) is 12.9. The van der Waals surface area contributed by atoms with Crippen molar-refractivity contribution in [3.8, 4) is 0 Å². The van der Waals surface area contributed by atoms with Gasteiger partial charge in [-0.2, -0.15) is 0 Å². The summed E-state index contributed by atoms with van der Waals surface area (Å²) < 4.78 is 1.98. The molecule has 8 heteroatoms. The molecule has 0 aliphatic carbocycles. The predicted octanol–water partition coefficient (Wildman–Crippen LogP) is 1.47. The van der Waals surface area contributed by atoms with Gasteiger partial charge in [-0.05, 0) is 25.0 Å². The first-order valence-electron chi connectivity index (χ1n) is 9.05. The van der Waals surface area contributed by atoms with Crippen molar-refractivity contribution in [1.82, 2.24) is 24.8 Å². The van der Waals surface area contributed by atoms with E-state index >= 15 is 0 Å². The van der Waals surface area contributed by atoms with E-state index in [-0.39, 0.29) is 17.5 Å². The average molecular weight is 373 g/mol. The number of carbonyl (C=O) groups excluding carboxylic acids is 1. The van der Waals surface area contributed by atoms with Gasteiger partial charge in [-0.15, -0.1) is 0 Å². The number of amides is 1. The predicted molar refractivity (Wildman–Crippen MR) is 101 cm³/mol. The Bertz CT molecular complexity index is 774. The van der Waals surface area contributed by atoms with Gasteiger partial charge in [0, 0.05) is 52.2 Å². The van der Waals surface area contributed by atoms with E-state index in [2.05, 4.69) is 15.3 Å². The molecule has 2 heterocycles. The van der Waals surface area contributed by atoms with E-state index in [9.17, 15) is 9.59 Å². The van der Waals surface area contributed by atoms with Crippen LogP contribution in [0, 0.1) is 0 Å². The van der Waals surface area contributed by atoms with Crippen LogP contribution in [0.4, 0.5) is 0 Å². The van der Waals surface area contributed by atoms with Gasteiger partial charge in [-0.3, -0.25) is 9.78 Å². The second-order valence-corrected chi connectivity index (χ2v) is 6.50. The number of nitrogens with one attached hydrogen (secondary N) is 1. The van der Waals surface area contributed by atoms with Crippen LogP contribution in [0.5, 0.6) is 0 Å². The van der Waals surface area contributed by atoms with E-state index < -0.39 is 5.97 Å². The Kier molecular flexibility index (Phi) is 7.48. The monoisotopic (exact) mass is 373 g/mol. The van der Waals surface area contributed by atoms with Crippen LogP contribution in [-0.4, -0.2) is 56.1 Å². The third-order valence-corrected chi connectivity index (χ3v) is 4.49. The number of hydrogen-bond donors (Lipinski definition) is 2. The highest BCUT2D eigenvalue weighted by Gasteiger charge is 2.20. The number of carbonyl (C=O) groups is 2. The van der Waals surface area contributed by atoms with Gasteiger partial charge >= 0.3 is 5.97 Å². The molecule has 8 nitrogen and oxygen atoms in total. The summed E-state index contributed by atoms with van der Waals surface area (Å²) in [4.78, 5) is 33.9. The van der Waals surface area contributed by atoms with Crippen molar-refractivity contribution in [1.29, 1.82) is 0 Å². The smallest absolute Gasteiger partial charge is 0.335 e. The lowest BCUT2D eigenvalue weighted by Gasteiger charge is -2.24. The van der Waals surface area contributed by atoms with Gasteiger partial charge in [0.05, 0.1) is 17.3 Å². The number of aryl methyl sites for hydroxylation is 2. The zero-order chi connectivity index (χ0) is 19.8. The van der Waals surface area contributed by atoms with E-state index in [0.717, 1.165) is 18.7 Å². The Hall–Kier alpha value is -2.74. The average Bonchev–Trinajstić information content (AvgIpc) is 3.07. The fraction of sp³-hybridized carbons (Fsp3) is 0.474. The molecule has 0 aliphatic rings. The first-order valence-corrected chi connectivity index (χ1v) is 9.05. The maximum absolute atomic E-state index is 12.7. The van der Waals surface area contributed by atoms with Gasteiger partial charge in [0.15, 0.2) is 0 Å². The number of rotatable bonds is 10. The quantitative estimate of drug-likeness (QED) is 0.654. The fourth-order valence-electron chi connectivity index (χ4n) is 2.83. The number of nitrogens with zero attached hydrogens (tertiary/aromatic N) is 4. The highest BCUT2D eigenvalue weighted by atomic mass is 16.4. The topological polar surface area (TPSA) is 100 Å². The van der Waals surface area contributed by atoms with Crippen molar-refractivity contribution in [2.45, 2.75) is 38.8 Å². The number of pyridine rings is 1. The van der Waals surface area contributed by atoms with E-state index in [0.29, 0.717) is 25.2 Å². The van der Waals surface area contributed by atoms with E-state index in [1.807, 2.05) is 24.7 Å². The van der Waals surface area contributed by atoms with Gasteiger partial charge in [0.2, 0.25) is 5.91 Å². The zero-order valence-electron chi connectivity index (χ0n) is 16.1. The van der Waals surface area contributed by atoms with Crippen LogP contribution < -0.4 is 5.32 Å². The maximum Gasteiger partial charge on any atom is 0.335 e. The molecule has 0 fully saturated rings. The molecule has 1 atom stereocenters. The fourth-order valence-corrected chi connectivity index (χ4v) is 2.83. The molecule has 0 saturated heterocycles. The molecule has 146 valence electrons. The van der Waals surface area contributed by atoms with Crippen LogP contribution in [-0.2, 0) is 24.8 Å². The Morgan fingerprint density at radius 1 is 1.33 bits per heavy atom. The molecule has 2 aromatic heterocycles. The summed E-state index contributed by atoms with van der Waals surface area (Å²) in [5.41, 5.74) is 0.783. The number of aromatic carboxylic acids is 1. The largest absolute Gasteiger partial charge is 0.478 e. The van der Waals surface area contributed by atoms with Crippen LogP contribution in [0.1, 0.15) is 41.6 Å². The molecule has 2 aromatic rings. The Morgan fingerprint density at radius 2 is 2.11 bits per heavy atom. The van der Waals surface area contributed by atoms with Crippen LogP contribution in [0.25, 0.3) is 0 Å². The molecule has 2 rings (SSSR count). The molecule has 0 saturated carbocycles. The van der Waals surface area contributed by atoms with Crippen LogP contribution in [0.3, 0.4) is 0 Å². The van der Waals surface area contributed by atoms with Crippen LogP contribution in [0.2, 0.25) is 0 Å². The van der Waals surface area contributed by atoms with Gasteiger partial charge < -0.3 is 19.9 Å². The summed E-state index contributed by atoms with van der Waals surface area (Å²) in [7, 11) is 3.76. The Morgan fingerprint density at radius 3 is 2.74 bits per heavy atom. The third-order valence-electron chi connectivity index (χ3n) is 4.49. The molecule has 0 aliphatic heterocycles. The first kappa shape index (κ1) is 20.6. The summed E-state index contributed by atoms with van der Waals surface area (Å²) in [6.07, 6.45) is 7.44. The number of hydrogen-bond acceptors (Lipinski definition) is 5. The third kappa shape index (κ3) is 5.89. The lowest BCUT2D eigenvalue weighted by molar-refractivity contribution is -0.132. The van der Waals surface area contributed by atoms with Crippen LogP contribution in [0.15, 0.2) is 30.7 Å². The number of likely N-dealkylation sites (N-methyl/N-ethyl adjacent to an activating group) is 1. The minimum Gasteiger partial charge on any atom is -0.478 e. The minimum absolute atomic E-state index is 0.0201. The molecule has 1 unspecified atom stereocenters. The SMILES string of the molecule is CCC(NCc1cc(C(=O)O)ccn1)C(=O)N(C)CCCc1nccn1C. The summed E-state index contributed by atoms with van der Waals surface area (Å²) in [6.45, 7) is 2.93. The normalized spacial score (nSPS) is 12.0. The van der Waals surface area contributed by atoms with Crippen molar-refractivity contribution in [3.63, 3.8) is 0 Å². The van der Waals surface area contributed by atoms with Crippen molar-refractivity contribution in [2.24, 2.45) is 7.05 Å². The number of carboxylic acids is 1. The van der Waals surface area contributed by atoms with Crippen LogP contribution >= 0.6 is 0 Å². The highest BCUT2D eigenvalue weighted by Crippen LogP contribution is 2.06. The molecule has 0 radical (unpaired) electrons. The summed E-state index contributed by atoms with van der Waals surface area (Å²) >= 11 is 0. The Balaban J connectivity index is 1.84. The standard InChI is InChI=1S/C19H27N5O3/c1-4-16(22-13-15-12-14(19(26)27)7-8-20-15)18(25)24(3)10-5-6-17-21-9-11-23(17)2/h7-9,11-12,16,22H,4-6,10,13H2,1-3H3,(H,26,27). The molecule has 0 bridgehead atoms. The maximum atomic E-state index is 12.7. The van der Waals surface area contributed by atoms with Gasteiger partial charge in [-0.1, -0.05) is 6.92 Å². The Labute approximate surface area is 159 Å². The zero-order valence-corrected chi connectivity index (χ0v) is 16.1. The van der Waals surface area contributed by atoms with E-state index in [1.54, 1.807) is 18.1 Å². The molecule has 0 spiro atoms. The van der Waals surface area contributed by atoms with Crippen molar-refractivity contribution in [3.05, 3.63) is 47.8 Å². The molecule has 27 heavy (non-hydrogen) atoms. The minimum atomic E-state index is -0.991. The second kappa shape index (κ2) is 9.82. The molecule has 2 N–H and O–H groups in total. The lowest BCUT2D eigenvalue weighted by atomic mass is 10.1. The summed E-state index contributed by atoms with van der Waals surface area (Å²) in [5.74, 6) is 0.0337. The van der Waals surface area contributed by atoms with Gasteiger partial charge in [0.25, 0.3) is 0 Å². The number of aromatic nitrogens is 3. The molecular weight excluding hydrogens is 346 g/mol. The number of carboxylic acid groups (broad SMARTS) is 1. The molecular formula is C19H27N5O3. The lowest BCUT2D eigenvalue weighted by Crippen LogP contribution is -2.44. The molecule has 1 amide bonds. The van der Waals surface area contributed by atoms with E-state index in [1.165, 1.54) is 18.3 Å².